The lowest BCUT2D eigenvalue weighted by Crippen LogP contribution is -2.26. The van der Waals surface area contributed by atoms with E-state index in [-0.39, 0.29) is 6.04 Å². The SMILES string of the molecule is C=C(CC)c1nc([C@@H](C)C(N)CCC2CC2)sc1CC. The Labute approximate surface area is 127 Å². The Bertz CT molecular complexity index is 460. The van der Waals surface area contributed by atoms with E-state index < -0.39 is 0 Å². The van der Waals surface area contributed by atoms with Gasteiger partial charge in [-0.15, -0.1) is 11.3 Å². The Hall–Kier alpha value is -0.670. The third kappa shape index (κ3) is 3.70. The van der Waals surface area contributed by atoms with Crippen LogP contribution in [-0.2, 0) is 6.42 Å². The fourth-order valence-electron chi connectivity index (χ4n) is 2.52. The second-order valence-electron chi connectivity index (χ2n) is 6.11. The fraction of sp³-hybridized carbons (Fsp3) is 0.706. The lowest BCUT2D eigenvalue weighted by molar-refractivity contribution is 0.492. The van der Waals surface area contributed by atoms with Crippen molar-refractivity contribution in [3.05, 3.63) is 22.2 Å². The Morgan fingerprint density at radius 3 is 2.70 bits per heavy atom. The average molecular weight is 292 g/mol. The van der Waals surface area contributed by atoms with E-state index >= 15 is 0 Å². The quantitative estimate of drug-likeness (QED) is 0.751. The first-order valence-corrected chi connectivity index (χ1v) is 8.81. The van der Waals surface area contributed by atoms with Crippen LogP contribution in [0.25, 0.3) is 5.57 Å². The van der Waals surface area contributed by atoms with Crippen LogP contribution in [0.4, 0.5) is 0 Å². The molecule has 2 atom stereocenters. The van der Waals surface area contributed by atoms with Gasteiger partial charge in [-0.25, -0.2) is 4.98 Å². The third-order valence-corrected chi connectivity index (χ3v) is 5.83. The molecular formula is C17H28N2S. The highest BCUT2D eigenvalue weighted by Crippen LogP contribution is 2.36. The molecule has 0 aromatic carbocycles. The maximum Gasteiger partial charge on any atom is 0.0978 e. The molecule has 1 unspecified atom stereocenters. The van der Waals surface area contributed by atoms with Crippen LogP contribution in [0.15, 0.2) is 6.58 Å². The molecule has 1 aromatic heterocycles. The molecule has 0 aliphatic heterocycles. The first-order valence-electron chi connectivity index (χ1n) is 8.00. The molecule has 0 amide bonds. The normalized spacial score (nSPS) is 18.0. The number of aryl methyl sites for hydroxylation is 1. The number of thiazole rings is 1. The van der Waals surface area contributed by atoms with Crippen molar-refractivity contribution in [3.63, 3.8) is 0 Å². The summed E-state index contributed by atoms with van der Waals surface area (Å²) in [5.41, 5.74) is 8.67. The van der Waals surface area contributed by atoms with E-state index in [4.69, 9.17) is 10.7 Å². The summed E-state index contributed by atoms with van der Waals surface area (Å²) < 4.78 is 0. The van der Waals surface area contributed by atoms with Gasteiger partial charge in [0.1, 0.15) is 0 Å². The summed E-state index contributed by atoms with van der Waals surface area (Å²) >= 11 is 1.84. The van der Waals surface area contributed by atoms with Gasteiger partial charge in [-0.1, -0.05) is 40.2 Å². The summed E-state index contributed by atoms with van der Waals surface area (Å²) in [5, 5.41) is 1.20. The maximum absolute atomic E-state index is 6.38. The van der Waals surface area contributed by atoms with Crippen molar-refractivity contribution in [1.82, 2.24) is 4.98 Å². The highest BCUT2D eigenvalue weighted by molar-refractivity contribution is 7.12. The number of hydrogen-bond donors (Lipinski definition) is 1. The van der Waals surface area contributed by atoms with Gasteiger partial charge in [0, 0.05) is 16.8 Å². The zero-order valence-electron chi connectivity index (χ0n) is 13.1. The van der Waals surface area contributed by atoms with Crippen molar-refractivity contribution in [2.45, 2.75) is 71.3 Å². The topological polar surface area (TPSA) is 38.9 Å². The van der Waals surface area contributed by atoms with Crippen LogP contribution < -0.4 is 5.73 Å². The Morgan fingerprint density at radius 2 is 2.15 bits per heavy atom. The largest absolute Gasteiger partial charge is 0.327 e. The van der Waals surface area contributed by atoms with Crippen LogP contribution in [0.2, 0.25) is 0 Å². The van der Waals surface area contributed by atoms with Gasteiger partial charge >= 0.3 is 0 Å². The molecule has 1 saturated carbocycles. The molecule has 2 rings (SSSR count). The first kappa shape index (κ1) is 15.7. The number of rotatable bonds is 8. The molecule has 0 saturated heterocycles. The molecule has 1 aliphatic carbocycles. The standard InChI is InChI=1S/C17H28N2S/c1-5-11(3)16-15(6-2)20-17(19-16)12(4)14(18)10-9-13-7-8-13/h12-14H,3,5-10,18H2,1-2,4H3/t12-,14?/m0/s1. The van der Waals surface area contributed by atoms with Crippen LogP contribution in [0.3, 0.4) is 0 Å². The summed E-state index contributed by atoms with van der Waals surface area (Å²) in [7, 11) is 0. The van der Waals surface area contributed by atoms with Crippen LogP contribution in [-0.4, -0.2) is 11.0 Å². The van der Waals surface area contributed by atoms with Gasteiger partial charge < -0.3 is 5.73 Å². The molecule has 1 aromatic rings. The molecule has 2 N–H and O–H groups in total. The van der Waals surface area contributed by atoms with Crippen molar-refractivity contribution >= 4 is 16.9 Å². The minimum Gasteiger partial charge on any atom is -0.327 e. The maximum atomic E-state index is 6.38. The van der Waals surface area contributed by atoms with E-state index in [1.165, 1.54) is 29.1 Å². The van der Waals surface area contributed by atoms with Gasteiger partial charge in [0.05, 0.1) is 10.7 Å². The van der Waals surface area contributed by atoms with Crippen LogP contribution in [0.5, 0.6) is 0 Å². The Kier molecular flexibility index (Phi) is 5.39. The Morgan fingerprint density at radius 1 is 1.45 bits per heavy atom. The van der Waals surface area contributed by atoms with Gasteiger partial charge in [0.25, 0.3) is 0 Å². The van der Waals surface area contributed by atoms with Crippen molar-refractivity contribution in [2.24, 2.45) is 11.7 Å². The molecule has 1 aliphatic rings. The van der Waals surface area contributed by atoms with Gasteiger partial charge in [0.15, 0.2) is 0 Å². The van der Waals surface area contributed by atoms with E-state index in [1.807, 2.05) is 11.3 Å². The summed E-state index contributed by atoms with van der Waals surface area (Å²) in [6.45, 7) is 10.7. The van der Waals surface area contributed by atoms with E-state index in [0.29, 0.717) is 5.92 Å². The van der Waals surface area contributed by atoms with E-state index in [1.54, 1.807) is 0 Å². The van der Waals surface area contributed by atoms with Crippen LogP contribution in [0, 0.1) is 5.92 Å². The zero-order chi connectivity index (χ0) is 14.7. The van der Waals surface area contributed by atoms with Crippen LogP contribution >= 0.6 is 11.3 Å². The first-order chi connectivity index (χ1) is 9.56. The highest BCUT2D eigenvalue weighted by Gasteiger charge is 2.25. The zero-order valence-corrected chi connectivity index (χ0v) is 13.9. The predicted molar refractivity (Wildman–Crippen MR) is 89.2 cm³/mol. The van der Waals surface area contributed by atoms with Gasteiger partial charge in [-0.05, 0) is 37.2 Å². The number of nitrogens with zero attached hydrogens (tertiary/aromatic N) is 1. The van der Waals surface area contributed by atoms with Crippen LogP contribution in [0.1, 0.15) is 74.4 Å². The predicted octanol–water partition coefficient (Wildman–Crippen LogP) is 4.75. The van der Waals surface area contributed by atoms with E-state index in [0.717, 1.165) is 36.4 Å². The van der Waals surface area contributed by atoms with Gasteiger partial charge in [-0.2, -0.15) is 0 Å². The lowest BCUT2D eigenvalue weighted by Gasteiger charge is -2.17. The molecular weight excluding hydrogens is 264 g/mol. The number of nitrogens with two attached hydrogens (primary N) is 1. The highest BCUT2D eigenvalue weighted by atomic mass is 32.1. The molecule has 0 spiro atoms. The van der Waals surface area contributed by atoms with E-state index in [2.05, 4.69) is 27.4 Å². The van der Waals surface area contributed by atoms with Crippen molar-refractivity contribution in [1.29, 1.82) is 0 Å². The number of hydrogen-bond acceptors (Lipinski definition) is 3. The summed E-state index contributed by atoms with van der Waals surface area (Å²) in [4.78, 5) is 6.22. The second-order valence-corrected chi connectivity index (χ2v) is 7.22. The summed E-state index contributed by atoms with van der Waals surface area (Å²) in [6.07, 6.45) is 7.27. The van der Waals surface area contributed by atoms with Crippen molar-refractivity contribution in [3.8, 4) is 0 Å². The van der Waals surface area contributed by atoms with Crippen molar-refractivity contribution in [2.75, 3.05) is 0 Å². The Balaban J connectivity index is 2.05. The van der Waals surface area contributed by atoms with Gasteiger partial charge in [0.2, 0.25) is 0 Å². The smallest absolute Gasteiger partial charge is 0.0978 e. The summed E-state index contributed by atoms with van der Waals surface area (Å²) in [5.74, 6) is 1.33. The van der Waals surface area contributed by atoms with E-state index in [9.17, 15) is 0 Å². The molecule has 1 heterocycles. The second kappa shape index (κ2) is 6.86. The lowest BCUT2D eigenvalue weighted by atomic mass is 9.97. The molecule has 2 nitrogen and oxygen atoms in total. The molecule has 112 valence electrons. The van der Waals surface area contributed by atoms with Crippen molar-refractivity contribution < 1.29 is 0 Å². The number of allylic oxidation sites excluding steroid dienone is 1. The number of aromatic nitrogens is 1. The summed E-state index contributed by atoms with van der Waals surface area (Å²) in [6, 6.07) is 0.245. The molecule has 20 heavy (non-hydrogen) atoms. The molecule has 1 fully saturated rings. The molecule has 0 radical (unpaired) electrons. The minimum atomic E-state index is 0.245. The molecule has 0 bridgehead atoms. The monoisotopic (exact) mass is 292 g/mol. The molecule has 3 heteroatoms. The fourth-order valence-corrected chi connectivity index (χ4v) is 3.70. The van der Waals surface area contributed by atoms with Gasteiger partial charge in [-0.3, -0.25) is 0 Å². The minimum absolute atomic E-state index is 0.245. The average Bonchev–Trinajstić information content (AvgIpc) is 3.19. The third-order valence-electron chi connectivity index (χ3n) is 4.43.